The zero-order valence-corrected chi connectivity index (χ0v) is 11.4. The molecule has 5 heteroatoms. The summed E-state index contributed by atoms with van der Waals surface area (Å²) in [7, 11) is 1.54. The fourth-order valence-corrected chi connectivity index (χ4v) is 1.84. The lowest BCUT2D eigenvalue weighted by atomic mass is 10.1. The Balaban J connectivity index is 2.11. The Labute approximate surface area is 121 Å². The maximum Gasteiger partial charge on any atom is 0.335 e. The second kappa shape index (κ2) is 6.56. The lowest BCUT2D eigenvalue weighted by Crippen LogP contribution is -2.01. The summed E-state index contributed by atoms with van der Waals surface area (Å²) in [5.74, 6) is 0.184. The summed E-state index contributed by atoms with van der Waals surface area (Å²) in [4.78, 5) is 21.6. The molecule has 0 fully saturated rings. The molecule has 0 bridgehead atoms. The molecule has 21 heavy (non-hydrogen) atoms. The third-order valence-corrected chi connectivity index (χ3v) is 2.94. The molecule has 108 valence electrons. The number of aldehydes is 1. The molecule has 0 amide bonds. The Hall–Kier alpha value is -2.82. The van der Waals surface area contributed by atoms with Crippen molar-refractivity contribution >= 4 is 12.3 Å². The highest BCUT2D eigenvalue weighted by molar-refractivity contribution is 5.87. The van der Waals surface area contributed by atoms with E-state index in [-0.39, 0.29) is 12.2 Å². The van der Waals surface area contributed by atoms with Crippen molar-refractivity contribution in [3.05, 3.63) is 59.2 Å². The molecule has 0 radical (unpaired) electrons. The molecule has 0 aromatic heterocycles. The van der Waals surface area contributed by atoms with Gasteiger partial charge in [0.2, 0.25) is 0 Å². The van der Waals surface area contributed by atoms with Crippen LogP contribution >= 0.6 is 0 Å². The minimum atomic E-state index is -0.984. The largest absolute Gasteiger partial charge is 0.496 e. The number of carbonyl (C=O) groups excluding carboxylic acids is 1. The van der Waals surface area contributed by atoms with E-state index in [2.05, 4.69) is 0 Å². The van der Waals surface area contributed by atoms with Crippen molar-refractivity contribution in [1.82, 2.24) is 0 Å². The van der Waals surface area contributed by atoms with Crippen LogP contribution in [0.5, 0.6) is 11.5 Å². The Morgan fingerprint density at radius 1 is 1.19 bits per heavy atom. The molecular weight excluding hydrogens is 272 g/mol. The molecule has 0 spiro atoms. The number of hydrogen-bond donors (Lipinski definition) is 1. The van der Waals surface area contributed by atoms with E-state index >= 15 is 0 Å². The van der Waals surface area contributed by atoms with E-state index in [1.165, 1.54) is 12.1 Å². The first-order valence-corrected chi connectivity index (χ1v) is 6.22. The molecule has 2 aromatic carbocycles. The van der Waals surface area contributed by atoms with Gasteiger partial charge in [-0.2, -0.15) is 0 Å². The van der Waals surface area contributed by atoms with Gasteiger partial charge in [-0.1, -0.05) is 0 Å². The molecule has 2 aromatic rings. The fraction of sp³-hybridized carbons (Fsp3) is 0.125. The van der Waals surface area contributed by atoms with E-state index in [1.807, 2.05) is 0 Å². The van der Waals surface area contributed by atoms with Gasteiger partial charge in [0.05, 0.1) is 12.7 Å². The van der Waals surface area contributed by atoms with E-state index in [1.54, 1.807) is 37.4 Å². The van der Waals surface area contributed by atoms with Crippen LogP contribution in [0.15, 0.2) is 42.5 Å². The van der Waals surface area contributed by atoms with Gasteiger partial charge in [-0.25, -0.2) is 4.79 Å². The zero-order chi connectivity index (χ0) is 15.2. The predicted molar refractivity (Wildman–Crippen MR) is 76.1 cm³/mol. The van der Waals surface area contributed by atoms with Gasteiger partial charge in [-0.05, 0) is 42.5 Å². The fourth-order valence-electron chi connectivity index (χ4n) is 1.84. The van der Waals surface area contributed by atoms with Crippen LogP contribution in [0, 0.1) is 0 Å². The van der Waals surface area contributed by atoms with Crippen molar-refractivity contribution < 1.29 is 24.2 Å². The highest BCUT2D eigenvalue weighted by Crippen LogP contribution is 2.22. The first-order valence-electron chi connectivity index (χ1n) is 6.22. The summed E-state index contributed by atoms with van der Waals surface area (Å²) in [6.07, 6.45) is 0.755. The van der Waals surface area contributed by atoms with Crippen LogP contribution in [0.2, 0.25) is 0 Å². The first-order chi connectivity index (χ1) is 10.1. The van der Waals surface area contributed by atoms with Crippen LogP contribution in [0.25, 0.3) is 0 Å². The highest BCUT2D eigenvalue weighted by Gasteiger charge is 2.06. The molecule has 0 heterocycles. The number of carboxylic acid groups (broad SMARTS) is 1. The Bertz CT molecular complexity index is 646. The second-order valence-corrected chi connectivity index (χ2v) is 4.31. The molecule has 1 N–H and O–H groups in total. The van der Waals surface area contributed by atoms with E-state index in [4.69, 9.17) is 14.6 Å². The number of hydrogen-bond acceptors (Lipinski definition) is 4. The number of ether oxygens (including phenoxy) is 2. The second-order valence-electron chi connectivity index (χ2n) is 4.31. The summed E-state index contributed by atoms with van der Waals surface area (Å²) in [6, 6.07) is 11.2. The van der Waals surface area contributed by atoms with Crippen LogP contribution < -0.4 is 9.47 Å². The number of rotatable bonds is 6. The van der Waals surface area contributed by atoms with Crippen molar-refractivity contribution in [2.24, 2.45) is 0 Å². The SMILES string of the molecule is COc1ccc(C=O)cc1COc1ccc(C(=O)O)cc1. The van der Waals surface area contributed by atoms with E-state index in [9.17, 15) is 9.59 Å². The standard InChI is InChI=1S/C16H14O5/c1-20-15-7-2-11(9-17)8-13(15)10-21-14-5-3-12(4-6-14)16(18)19/h2-9H,10H2,1H3,(H,18,19). The molecular formula is C16H14O5. The van der Waals surface area contributed by atoms with Gasteiger partial charge in [0.1, 0.15) is 24.4 Å². The minimum Gasteiger partial charge on any atom is -0.496 e. The lowest BCUT2D eigenvalue weighted by Gasteiger charge is -2.11. The van der Waals surface area contributed by atoms with E-state index in [0.717, 1.165) is 11.8 Å². The molecule has 5 nitrogen and oxygen atoms in total. The molecule has 0 saturated heterocycles. The van der Waals surface area contributed by atoms with Gasteiger partial charge in [0.15, 0.2) is 0 Å². The summed E-state index contributed by atoms with van der Waals surface area (Å²) >= 11 is 0. The normalized spacial score (nSPS) is 9.95. The average molecular weight is 286 g/mol. The van der Waals surface area contributed by atoms with Crippen molar-refractivity contribution in [3.8, 4) is 11.5 Å². The summed E-state index contributed by atoms with van der Waals surface area (Å²) in [5, 5.41) is 8.82. The smallest absolute Gasteiger partial charge is 0.335 e. The molecule has 0 atom stereocenters. The molecule has 2 rings (SSSR count). The topological polar surface area (TPSA) is 72.8 Å². The monoisotopic (exact) mass is 286 g/mol. The average Bonchev–Trinajstić information content (AvgIpc) is 2.52. The summed E-state index contributed by atoms with van der Waals surface area (Å²) < 4.78 is 10.8. The van der Waals surface area contributed by atoms with Gasteiger partial charge in [-0.3, -0.25) is 4.79 Å². The van der Waals surface area contributed by atoms with E-state index in [0.29, 0.717) is 17.1 Å². The van der Waals surface area contributed by atoms with Crippen LogP contribution in [-0.2, 0) is 6.61 Å². The van der Waals surface area contributed by atoms with Crippen molar-refractivity contribution in [1.29, 1.82) is 0 Å². The number of carboxylic acids is 1. The number of benzene rings is 2. The third kappa shape index (κ3) is 3.60. The van der Waals surface area contributed by atoms with Crippen LogP contribution in [0.3, 0.4) is 0 Å². The van der Waals surface area contributed by atoms with Gasteiger partial charge in [0.25, 0.3) is 0 Å². The Morgan fingerprint density at radius 2 is 1.90 bits per heavy atom. The molecule has 0 saturated carbocycles. The molecule has 0 aliphatic carbocycles. The number of carbonyl (C=O) groups is 2. The quantitative estimate of drug-likeness (QED) is 0.827. The van der Waals surface area contributed by atoms with E-state index < -0.39 is 5.97 Å². The van der Waals surface area contributed by atoms with Crippen LogP contribution in [-0.4, -0.2) is 24.5 Å². The minimum absolute atomic E-state index is 0.197. The number of methoxy groups -OCH3 is 1. The van der Waals surface area contributed by atoms with Crippen LogP contribution in [0.1, 0.15) is 26.3 Å². The van der Waals surface area contributed by atoms with Gasteiger partial charge in [-0.15, -0.1) is 0 Å². The molecule has 0 aliphatic heterocycles. The van der Waals surface area contributed by atoms with Crippen LogP contribution in [0.4, 0.5) is 0 Å². The first kappa shape index (κ1) is 14.6. The Morgan fingerprint density at radius 3 is 2.48 bits per heavy atom. The lowest BCUT2D eigenvalue weighted by molar-refractivity contribution is 0.0696. The van der Waals surface area contributed by atoms with Gasteiger partial charge >= 0.3 is 5.97 Å². The molecule has 0 unspecified atom stereocenters. The van der Waals surface area contributed by atoms with Gasteiger partial charge in [0, 0.05) is 11.1 Å². The molecule has 0 aliphatic rings. The zero-order valence-electron chi connectivity index (χ0n) is 11.4. The summed E-state index contributed by atoms with van der Waals surface area (Å²) in [5.41, 5.74) is 1.47. The van der Waals surface area contributed by atoms with Crippen molar-refractivity contribution in [2.75, 3.05) is 7.11 Å². The van der Waals surface area contributed by atoms with Crippen molar-refractivity contribution in [2.45, 2.75) is 6.61 Å². The Kier molecular flexibility index (Phi) is 4.56. The summed E-state index contributed by atoms with van der Waals surface area (Å²) in [6.45, 7) is 0.220. The maximum absolute atomic E-state index is 10.8. The predicted octanol–water partition coefficient (Wildman–Crippen LogP) is 2.78. The number of aromatic carboxylic acids is 1. The third-order valence-electron chi connectivity index (χ3n) is 2.94. The van der Waals surface area contributed by atoms with Crippen molar-refractivity contribution in [3.63, 3.8) is 0 Å². The van der Waals surface area contributed by atoms with Gasteiger partial charge < -0.3 is 14.6 Å². The highest BCUT2D eigenvalue weighted by atomic mass is 16.5. The maximum atomic E-state index is 10.8.